The fraction of sp³-hybridized carbons (Fsp3) is 0.250. The number of aromatic amines is 1. The van der Waals surface area contributed by atoms with Crippen molar-refractivity contribution in [2.75, 3.05) is 12.8 Å². The highest BCUT2D eigenvalue weighted by atomic mass is 16.2. The SMILES string of the molecule is C=Cc1[nH]c(N)cc(=O)c1C=C.CC.CO. The molecule has 1 heterocycles. The van der Waals surface area contributed by atoms with Gasteiger partial charge in [-0.05, 0) is 6.08 Å². The fourth-order valence-electron chi connectivity index (χ4n) is 0.982. The summed E-state index contributed by atoms with van der Waals surface area (Å²) in [7, 11) is 1.00. The van der Waals surface area contributed by atoms with Crippen LogP contribution >= 0.6 is 0 Å². The number of rotatable bonds is 2. The van der Waals surface area contributed by atoms with Gasteiger partial charge in [0.25, 0.3) is 0 Å². The average molecular weight is 224 g/mol. The van der Waals surface area contributed by atoms with E-state index in [-0.39, 0.29) is 5.43 Å². The molecule has 16 heavy (non-hydrogen) atoms. The van der Waals surface area contributed by atoms with Gasteiger partial charge >= 0.3 is 0 Å². The average Bonchev–Trinajstić information content (AvgIpc) is 2.33. The second-order valence-electron chi connectivity index (χ2n) is 2.32. The van der Waals surface area contributed by atoms with E-state index in [0.717, 1.165) is 7.11 Å². The number of anilines is 1. The molecule has 0 fully saturated rings. The van der Waals surface area contributed by atoms with Gasteiger partial charge in [-0.25, -0.2) is 0 Å². The molecule has 0 aliphatic heterocycles. The Balaban J connectivity index is 0. The van der Waals surface area contributed by atoms with Crippen molar-refractivity contribution in [2.45, 2.75) is 13.8 Å². The molecule has 1 aromatic rings. The maximum atomic E-state index is 11.2. The molecule has 0 aliphatic carbocycles. The van der Waals surface area contributed by atoms with Crippen LogP contribution in [0.4, 0.5) is 5.82 Å². The molecule has 0 bridgehead atoms. The summed E-state index contributed by atoms with van der Waals surface area (Å²) in [6.45, 7) is 11.1. The number of hydrogen-bond donors (Lipinski definition) is 3. The van der Waals surface area contributed by atoms with Crippen LogP contribution < -0.4 is 11.2 Å². The van der Waals surface area contributed by atoms with E-state index in [4.69, 9.17) is 10.8 Å². The Bertz CT molecular complexity index is 381. The predicted molar refractivity (Wildman–Crippen MR) is 71.1 cm³/mol. The third-order valence-corrected chi connectivity index (χ3v) is 1.53. The fourth-order valence-corrected chi connectivity index (χ4v) is 0.982. The highest BCUT2D eigenvalue weighted by Crippen LogP contribution is 2.05. The number of aliphatic hydroxyl groups is 1. The van der Waals surface area contributed by atoms with Gasteiger partial charge < -0.3 is 15.8 Å². The van der Waals surface area contributed by atoms with Crippen LogP contribution in [-0.4, -0.2) is 17.2 Å². The third-order valence-electron chi connectivity index (χ3n) is 1.53. The summed E-state index contributed by atoms with van der Waals surface area (Å²) < 4.78 is 0. The number of nitrogen functional groups attached to an aromatic ring is 1. The van der Waals surface area contributed by atoms with Gasteiger partial charge in [-0.2, -0.15) is 0 Å². The lowest BCUT2D eigenvalue weighted by molar-refractivity contribution is 0.399. The second kappa shape index (κ2) is 9.73. The Morgan fingerprint density at radius 3 is 2.19 bits per heavy atom. The van der Waals surface area contributed by atoms with Gasteiger partial charge in [0.1, 0.15) is 5.82 Å². The van der Waals surface area contributed by atoms with E-state index in [9.17, 15) is 4.79 Å². The molecule has 0 atom stereocenters. The van der Waals surface area contributed by atoms with Crippen LogP contribution in [-0.2, 0) is 0 Å². The van der Waals surface area contributed by atoms with Gasteiger partial charge in [0, 0.05) is 18.7 Å². The molecule has 1 aromatic heterocycles. The molecule has 0 spiro atoms. The van der Waals surface area contributed by atoms with E-state index < -0.39 is 0 Å². The first kappa shape index (κ1) is 16.6. The first-order chi connectivity index (χ1) is 7.69. The Labute approximate surface area is 96.1 Å². The van der Waals surface area contributed by atoms with Crippen LogP contribution in [0.15, 0.2) is 24.0 Å². The van der Waals surface area contributed by atoms with Crippen LogP contribution in [0.5, 0.6) is 0 Å². The molecule has 4 N–H and O–H groups in total. The molecule has 0 radical (unpaired) electrons. The topological polar surface area (TPSA) is 79.1 Å². The van der Waals surface area contributed by atoms with Crippen LogP contribution in [0.1, 0.15) is 25.1 Å². The van der Waals surface area contributed by atoms with Gasteiger partial charge in [-0.1, -0.05) is 33.1 Å². The summed E-state index contributed by atoms with van der Waals surface area (Å²) in [5.74, 6) is 0.334. The Morgan fingerprint density at radius 2 is 1.81 bits per heavy atom. The summed E-state index contributed by atoms with van der Waals surface area (Å²) in [6, 6.07) is 1.32. The largest absolute Gasteiger partial charge is 0.400 e. The molecule has 0 saturated heterocycles. The first-order valence-corrected chi connectivity index (χ1v) is 4.91. The van der Waals surface area contributed by atoms with Crippen LogP contribution in [0, 0.1) is 0 Å². The number of aromatic nitrogens is 1. The van der Waals surface area contributed by atoms with Gasteiger partial charge in [0.2, 0.25) is 0 Å². The van der Waals surface area contributed by atoms with Crippen LogP contribution in [0.3, 0.4) is 0 Å². The van der Waals surface area contributed by atoms with Crippen molar-refractivity contribution in [1.82, 2.24) is 4.98 Å². The normalized spacial score (nSPS) is 7.75. The van der Waals surface area contributed by atoms with E-state index >= 15 is 0 Å². The molecule has 0 saturated carbocycles. The standard InChI is InChI=1S/C9H10N2O.C2H6.CH4O/c1-3-6-7(4-2)11-9(10)5-8(6)12;2*1-2/h3-5H,1-2H2,(H3,10,11,12);1-2H3;2H,1H3. The summed E-state index contributed by atoms with van der Waals surface area (Å²) in [5.41, 5.74) is 6.38. The minimum atomic E-state index is -0.142. The van der Waals surface area contributed by atoms with Crippen molar-refractivity contribution >= 4 is 18.0 Å². The molecule has 0 aliphatic rings. The number of nitrogens with one attached hydrogen (secondary N) is 1. The number of aliphatic hydroxyl groups excluding tert-OH is 1. The minimum absolute atomic E-state index is 0.142. The molecule has 0 unspecified atom stereocenters. The molecule has 4 heteroatoms. The van der Waals surface area contributed by atoms with Crippen LogP contribution in [0.2, 0.25) is 0 Å². The minimum Gasteiger partial charge on any atom is -0.400 e. The van der Waals surface area contributed by atoms with E-state index in [0.29, 0.717) is 17.1 Å². The van der Waals surface area contributed by atoms with E-state index in [1.165, 1.54) is 18.2 Å². The second-order valence-corrected chi connectivity index (χ2v) is 2.32. The molecular formula is C12H20N2O2. The van der Waals surface area contributed by atoms with Gasteiger partial charge in [-0.15, -0.1) is 0 Å². The lowest BCUT2D eigenvalue weighted by Crippen LogP contribution is -2.09. The van der Waals surface area contributed by atoms with E-state index in [1.54, 1.807) is 0 Å². The van der Waals surface area contributed by atoms with Crippen molar-refractivity contribution in [1.29, 1.82) is 0 Å². The first-order valence-electron chi connectivity index (χ1n) is 4.91. The quantitative estimate of drug-likeness (QED) is 0.717. The number of pyridine rings is 1. The Morgan fingerprint density at radius 1 is 1.31 bits per heavy atom. The molecular weight excluding hydrogens is 204 g/mol. The van der Waals surface area contributed by atoms with Crippen molar-refractivity contribution in [3.63, 3.8) is 0 Å². The van der Waals surface area contributed by atoms with Crippen molar-refractivity contribution < 1.29 is 5.11 Å². The summed E-state index contributed by atoms with van der Waals surface area (Å²) in [4.78, 5) is 14.0. The van der Waals surface area contributed by atoms with Gasteiger partial charge in [0.05, 0.1) is 5.69 Å². The zero-order valence-electron chi connectivity index (χ0n) is 10.1. The molecule has 0 amide bonds. The number of hydrogen-bond acceptors (Lipinski definition) is 3. The maximum absolute atomic E-state index is 11.2. The molecule has 90 valence electrons. The lowest BCUT2D eigenvalue weighted by Gasteiger charge is -2.01. The Kier molecular flexibility index (Phi) is 10.1. The molecule has 0 aromatic carbocycles. The smallest absolute Gasteiger partial charge is 0.191 e. The zero-order chi connectivity index (χ0) is 13.1. The van der Waals surface area contributed by atoms with Gasteiger partial charge in [-0.3, -0.25) is 4.79 Å². The predicted octanol–water partition coefficient (Wildman–Crippen LogP) is 1.88. The maximum Gasteiger partial charge on any atom is 0.191 e. The lowest BCUT2D eigenvalue weighted by atomic mass is 10.2. The van der Waals surface area contributed by atoms with Crippen molar-refractivity contribution in [3.05, 3.63) is 40.7 Å². The zero-order valence-corrected chi connectivity index (χ0v) is 10.1. The summed E-state index contributed by atoms with van der Waals surface area (Å²) in [6.07, 6.45) is 3.02. The van der Waals surface area contributed by atoms with Crippen molar-refractivity contribution in [3.8, 4) is 0 Å². The van der Waals surface area contributed by atoms with Gasteiger partial charge in [0.15, 0.2) is 5.43 Å². The summed E-state index contributed by atoms with van der Waals surface area (Å²) >= 11 is 0. The van der Waals surface area contributed by atoms with Crippen LogP contribution in [0.25, 0.3) is 12.2 Å². The molecule has 4 nitrogen and oxygen atoms in total. The summed E-state index contributed by atoms with van der Waals surface area (Å²) in [5, 5.41) is 7.00. The van der Waals surface area contributed by atoms with E-state index in [1.807, 2.05) is 13.8 Å². The number of H-pyrrole nitrogens is 1. The molecule has 1 rings (SSSR count). The van der Waals surface area contributed by atoms with E-state index in [2.05, 4.69) is 18.1 Å². The van der Waals surface area contributed by atoms with Crippen molar-refractivity contribution in [2.24, 2.45) is 0 Å². The Hall–Kier alpha value is -1.81. The highest BCUT2D eigenvalue weighted by Gasteiger charge is 2.00. The monoisotopic (exact) mass is 224 g/mol. The number of nitrogens with two attached hydrogens (primary N) is 1. The third kappa shape index (κ3) is 4.61. The highest BCUT2D eigenvalue weighted by molar-refractivity contribution is 5.62.